The molecule has 30 heavy (non-hydrogen) atoms. The lowest BCUT2D eigenvalue weighted by molar-refractivity contribution is 0.311. The van der Waals surface area contributed by atoms with Crippen molar-refractivity contribution in [2.45, 2.75) is 21.6 Å². The first kappa shape index (κ1) is 20.6. The SMILES string of the molecule is OCCNc1nc(SCc2ccccc2)c2ncnc(SCc3ccccc3)c2n1. The second-order valence-corrected chi connectivity index (χ2v) is 8.36. The van der Waals surface area contributed by atoms with Gasteiger partial charge in [-0.1, -0.05) is 84.2 Å². The summed E-state index contributed by atoms with van der Waals surface area (Å²) >= 11 is 3.25. The standard InChI is InChI=1S/C22H21N5OS2/c28-12-11-23-22-26-19-18(21(27-22)30-14-17-9-5-2-6-10-17)24-15-25-20(19)29-13-16-7-3-1-4-8-16/h1-10,15,28H,11-14H2,(H,23,26,27). The van der Waals surface area contributed by atoms with Gasteiger partial charge in [-0.25, -0.2) is 19.9 Å². The van der Waals surface area contributed by atoms with E-state index in [0.29, 0.717) is 12.5 Å². The van der Waals surface area contributed by atoms with Gasteiger partial charge in [-0.15, -0.1) is 0 Å². The predicted octanol–water partition coefficient (Wildman–Crippen LogP) is 4.41. The minimum atomic E-state index is 0.00872. The quantitative estimate of drug-likeness (QED) is 0.295. The zero-order valence-corrected chi connectivity index (χ0v) is 17.9. The van der Waals surface area contributed by atoms with Gasteiger partial charge in [0, 0.05) is 18.1 Å². The van der Waals surface area contributed by atoms with E-state index in [2.05, 4.69) is 49.5 Å². The van der Waals surface area contributed by atoms with Crippen LogP contribution in [0.4, 0.5) is 5.95 Å². The van der Waals surface area contributed by atoms with Crippen molar-refractivity contribution in [2.24, 2.45) is 0 Å². The first-order valence-electron chi connectivity index (χ1n) is 9.54. The van der Waals surface area contributed by atoms with Gasteiger partial charge >= 0.3 is 0 Å². The molecule has 2 N–H and O–H groups in total. The van der Waals surface area contributed by atoms with Crippen LogP contribution in [0.2, 0.25) is 0 Å². The van der Waals surface area contributed by atoms with Crippen molar-refractivity contribution >= 4 is 40.5 Å². The summed E-state index contributed by atoms with van der Waals surface area (Å²) in [5, 5.41) is 13.9. The molecular formula is C22H21N5OS2. The number of hydrogen-bond acceptors (Lipinski definition) is 8. The van der Waals surface area contributed by atoms with Crippen LogP contribution in [0.5, 0.6) is 0 Å². The highest BCUT2D eigenvalue weighted by atomic mass is 32.2. The summed E-state index contributed by atoms with van der Waals surface area (Å²) in [5.74, 6) is 2.05. The second kappa shape index (κ2) is 10.4. The molecule has 0 radical (unpaired) electrons. The molecular weight excluding hydrogens is 414 g/mol. The number of hydrogen-bond donors (Lipinski definition) is 2. The van der Waals surface area contributed by atoms with Gasteiger partial charge in [-0.3, -0.25) is 0 Å². The number of aliphatic hydroxyl groups excluding tert-OH is 1. The van der Waals surface area contributed by atoms with Crippen LogP contribution in [0.1, 0.15) is 11.1 Å². The van der Waals surface area contributed by atoms with E-state index in [0.717, 1.165) is 32.6 Å². The lowest BCUT2D eigenvalue weighted by Gasteiger charge is -2.11. The number of nitrogens with zero attached hydrogens (tertiary/aromatic N) is 4. The summed E-state index contributed by atoms with van der Waals surface area (Å²) in [4.78, 5) is 18.3. The molecule has 0 aliphatic heterocycles. The monoisotopic (exact) mass is 435 g/mol. The second-order valence-electron chi connectivity index (χ2n) is 6.43. The molecule has 2 aromatic heterocycles. The van der Waals surface area contributed by atoms with Crippen LogP contribution in [0.3, 0.4) is 0 Å². The maximum Gasteiger partial charge on any atom is 0.224 e. The highest BCUT2D eigenvalue weighted by Gasteiger charge is 2.15. The Bertz CT molecular complexity index is 1100. The van der Waals surface area contributed by atoms with E-state index in [4.69, 9.17) is 0 Å². The molecule has 0 fully saturated rings. The van der Waals surface area contributed by atoms with E-state index in [9.17, 15) is 5.11 Å². The molecule has 2 heterocycles. The fraction of sp³-hybridized carbons (Fsp3) is 0.182. The fourth-order valence-electron chi connectivity index (χ4n) is 2.80. The third-order valence-corrected chi connectivity index (χ3v) is 6.33. The van der Waals surface area contributed by atoms with Crippen LogP contribution in [0.25, 0.3) is 11.0 Å². The van der Waals surface area contributed by atoms with Gasteiger partial charge in [-0.05, 0) is 11.1 Å². The van der Waals surface area contributed by atoms with E-state index in [1.165, 1.54) is 11.1 Å². The Morgan fingerprint density at radius 2 is 1.37 bits per heavy atom. The van der Waals surface area contributed by atoms with Gasteiger partial charge < -0.3 is 10.4 Å². The molecule has 0 saturated carbocycles. The number of nitrogens with one attached hydrogen (secondary N) is 1. The van der Waals surface area contributed by atoms with Gasteiger partial charge in [-0.2, -0.15) is 0 Å². The maximum atomic E-state index is 9.17. The Balaban J connectivity index is 1.65. The zero-order valence-electron chi connectivity index (χ0n) is 16.2. The molecule has 0 unspecified atom stereocenters. The van der Waals surface area contributed by atoms with Crippen molar-refractivity contribution in [1.29, 1.82) is 0 Å². The smallest absolute Gasteiger partial charge is 0.224 e. The first-order valence-corrected chi connectivity index (χ1v) is 11.5. The van der Waals surface area contributed by atoms with Crippen molar-refractivity contribution in [2.75, 3.05) is 18.5 Å². The van der Waals surface area contributed by atoms with Crippen LogP contribution in [-0.2, 0) is 11.5 Å². The molecule has 0 aliphatic rings. The Labute approximate surface area is 183 Å². The summed E-state index contributed by atoms with van der Waals surface area (Å²) in [6, 6.07) is 20.5. The molecule has 2 aromatic carbocycles. The third kappa shape index (κ3) is 5.27. The van der Waals surface area contributed by atoms with Crippen molar-refractivity contribution in [3.8, 4) is 0 Å². The molecule has 0 saturated heterocycles. The average Bonchev–Trinajstić information content (AvgIpc) is 2.81. The summed E-state index contributed by atoms with van der Waals surface area (Å²) in [7, 11) is 0. The number of aliphatic hydroxyl groups is 1. The number of benzene rings is 2. The van der Waals surface area contributed by atoms with Crippen LogP contribution in [-0.4, -0.2) is 38.2 Å². The average molecular weight is 436 g/mol. The largest absolute Gasteiger partial charge is 0.395 e. The van der Waals surface area contributed by atoms with E-state index in [1.54, 1.807) is 29.9 Å². The topological polar surface area (TPSA) is 83.8 Å². The van der Waals surface area contributed by atoms with E-state index < -0.39 is 0 Å². The fourth-order valence-corrected chi connectivity index (χ4v) is 4.63. The lowest BCUT2D eigenvalue weighted by atomic mass is 10.2. The summed E-state index contributed by atoms with van der Waals surface area (Å²) in [5.41, 5.74) is 3.91. The number of fused-ring (bicyclic) bond motifs is 1. The molecule has 152 valence electrons. The van der Waals surface area contributed by atoms with Crippen molar-refractivity contribution < 1.29 is 5.11 Å². The van der Waals surface area contributed by atoms with E-state index in [-0.39, 0.29) is 6.61 Å². The molecule has 0 amide bonds. The molecule has 0 aliphatic carbocycles. The van der Waals surface area contributed by atoms with Crippen LogP contribution in [0, 0.1) is 0 Å². The van der Waals surface area contributed by atoms with Gasteiger partial charge in [0.15, 0.2) is 0 Å². The molecule has 0 atom stereocenters. The molecule has 4 aromatic rings. The highest BCUT2D eigenvalue weighted by Crippen LogP contribution is 2.32. The number of anilines is 1. The summed E-state index contributed by atoms with van der Waals surface area (Å²) < 4.78 is 0. The highest BCUT2D eigenvalue weighted by molar-refractivity contribution is 7.99. The van der Waals surface area contributed by atoms with E-state index in [1.807, 2.05) is 36.4 Å². The predicted molar refractivity (Wildman–Crippen MR) is 123 cm³/mol. The number of aromatic nitrogens is 4. The molecule has 0 spiro atoms. The molecule has 6 nitrogen and oxygen atoms in total. The normalized spacial score (nSPS) is 11.0. The lowest BCUT2D eigenvalue weighted by Crippen LogP contribution is -2.10. The zero-order chi connectivity index (χ0) is 20.6. The minimum absolute atomic E-state index is 0.00872. The molecule has 4 rings (SSSR count). The summed E-state index contributed by atoms with van der Waals surface area (Å²) in [6.07, 6.45) is 1.58. The first-order chi connectivity index (χ1) is 14.8. The van der Waals surface area contributed by atoms with Crippen LogP contribution < -0.4 is 5.32 Å². The van der Waals surface area contributed by atoms with Gasteiger partial charge in [0.2, 0.25) is 5.95 Å². The maximum absolute atomic E-state index is 9.17. The van der Waals surface area contributed by atoms with Crippen molar-refractivity contribution in [3.63, 3.8) is 0 Å². The molecule has 0 bridgehead atoms. The van der Waals surface area contributed by atoms with Crippen LogP contribution in [0.15, 0.2) is 77.0 Å². The van der Waals surface area contributed by atoms with Crippen molar-refractivity contribution in [3.05, 3.63) is 78.1 Å². The van der Waals surface area contributed by atoms with Gasteiger partial charge in [0.25, 0.3) is 0 Å². The minimum Gasteiger partial charge on any atom is -0.395 e. The van der Waals surface area contributed by atoms with Gasteiger partial charge in [0.05, 0.1) is 6.61 Å². The Kier molecular flexibility index (Phi) is 7.12. The van der Waals surface area contributed by atoms with Crippen LogP contribution >= 0.6 is 23.5 Å². The molecule has 8 heteroatoms. The Morgan fingerprint density at radius 1 is 0.733 bits per heavy atom. The number of rotatable bonds is 9. The Morgan fingerprint density at radius 3 is 2.00 bits per heavy atom. The van der Waals surface area contributed by atoms with Crippen molar-refractivity contribution in [1.82, 2.24) is 19.9 Å². The number of thioether (sulfide) groups is 2. The summed E-state index contributed by atoms with van der Waals surface area (Å²) in [6.45, 7) is 0.392. The van der Waals surface area contributed by atoms with E-state index >= 15 is 0 Å². The Hall–Kier alpha value is -2.68. The third-order valence-electron chi connectivity index (χ3n) is 4.25. The van der Waals surface area contributed by atoms with Gasteiger partial charge in [0.1, 0.15) is 27.4 Å².